The molecular weight excluding hydrogens is 568 g/mol. The van der Waals surface area contributed by atoms with Gasteiger partial charge in [0.2, 0.25) is 5.13 Å². The fraction of sp³-hybridized carbons (Fsp3) is 0.200. The molecule has 5 rings (SSSR count). The molecule has 0 bridgehead atoms. The minimum Gasteiger partial charge on any atom is -0.507 e. The number of aromatic nitrogens is 2. The van der Waals surface area contributed by atoms with E-state index < -0.39 is 29.3 Å². The van der Waals surface area contributed by atoms with Crippen LogP contribution in [0.4, 0.5) is 13.9 Å². The lowest BCUT2D eigenvalue weighted by molar-refractivity contribution is -0.132. The van der Waals surface area contributed by atoms with E-state index in [0.29, 0.717) is 33.6 Å². The number of ketones is 1. The third-order valence-electron chi connectivity index (χ3n) is 6.41. The number of aliphatic hydroxyl groups excluding tert-OH is 1. The van der Waals surface area contributed by atoms with Gasteiger partial charge in [0, 0.05) is 11.3 Å². The first-order valence-corrected chi connectivity index (χ1v) is 14.7. The molecular formula is C30H25F2N3O4S2. The SMILES string of the molecule is CCCCOc1cccc(C2C(=C(O)c3ccc(F)cc3)C(=O)C(=O)N2c2nnc(SCc3ccccc3F)s2)c1. The second-order valence-corrected chi connectivity index (χ2v) is 11.4. The molecule has 1 atom stereocenters. The number of nitrogens with zero attached hydrogens (tertiary/aromatic N) is 3. The highest BCUT2D eigenvalue weighted by Gasteiger charge is 2.48. The van der Waals surface area contributed by atoms with Crippen LogP contribution in [0.3, 0.4) is 0 Å². The number of rotatable bonds is 10. The zero-order chi connectivity index (χ0) is 28.9. The zero-order valence-electron chi connectivity index (χ0n) is 21.9. The van der Waals surface area contributed by atoms with E-state index in [9.17, 15) is 23.5 Å². The Morgan fingerprint density at radius 3 is 2.59 bits per heavy atom. The van der Waals surface area contributed by atoms with Crippen LogP contribution in [-0.2, 0) is 15.3 Å². The second kappa shape index (κ2) is 12.6. The summed E-state index contributed by atoms with van der Waals surface area (Å²) in [5, 5.41) is 19.7. The molecule has 3 aromatic carbocycles. The van der Waals surface area contributed by atoms with Crippen molar-refractivity contribution in [3.63, 3.8) is 0 Å². The number of hydrogen-bond donors (Lipinski definition) is 1. The van der Waals surface area contributed by atoms with Gasteiger partial charge in [0.25, 0.3) is 5.78 Å². The maximum absolute atomic E-state index is 14.1. The van der Waals surface area contributed by atoms with Crippen LogP contribution in [0.2, 0.25) is 0 Å². The van der Waals surface area contributed by atoms with E-state index in [0.717, 1.165) is 36.3 Å². The summed E-state index contributed by atoms with van der Waals surface area (Å²) in [5.74, 6) is -2.25. The molecule has 2 heterocycles. The van der Waals surface area contributed by atoms with Gasteiger partial charge in [-0.15, -0.1) is 10.2 Å². The molecule has 1 unspecified atom stereocenters. The van der Waals surface area contributed by atoms with Crippen molar-refractivity contribution >= 4 is 45.7 Å². The van der Waals surface area contributed by atoms with E-state index in [-0.39, 0.29) is 22.1 Å². The predicted octanol–water partition coefficient (Wildman–Crippen LogP) is 6.91. The Balaban J connectivity index is 1.54. The molecule has 1 aliphatic rings. The van der Waals surface area contributed by atoms with Gasteiger partial charge in [-0.05, 0) is 60.0 Å². The molecule has 7 nitrogen and oxygen atoms in total. The number of anilines is 1. The number of thioether (sulfide) groups is 1. The minimum atomic E-state index is -1.05. The molecule has 11 heteroatoms. The van der Waals surface area contributed by atoms with Gasteiger partial charge in [-0.3, -0.25) is 14.5 Å². The Morgan fingerprint density at radius 1 is 1.05 bits per heavy atom. The molecule has 1 aromatic heterocycles. The second-order valence-electron chi connectivity index (χ2n) is 9.18. The normalized spacial score (nSPS) is 16.4. The Hall–Kier alpha value is -4.09. The lowest BCUT2D eigenvalue weighted by Gasteiger charge is -2.23. The number of carbonyl (C=O) groups is 2. The van der Waals surface area contributed by atoms with E-state index in [1.54, 1.807) is 42.5 Å². The van der Waals surface area contributed by atoms with Gasteiger partial charge in [0.1, 0.15) is 23.1 Å². The van der Waals surface area contributed by atoms with Gasteiger partial charge < -0.3 is 9.84 Å². The Labute approximate surface area is 243 Å². The Bertz CT molecular complexity index is 1610. The number of aliphatic hydroxyl groups is 1. The number of amides is 1. The van der Waals surface area contributed by atoms with E-state index >= 15 is 0 Å². The standard InChI is InChI=1S/C30H25F2N3O4S2/c1-2-3-15-39-22-9-6-8-19(16-22)25-24(26(36)18-11-13-21(31)14-12-18)27(37)28(38)35(25)29-33-34-30(41-29)40-17-20-7-4-5-10-23(20)32/h4-14,16,25,36H,2-3,15,17H2,1H3. The first-order valence-electron chi connectivity index (χ1n) is 12.9. The molecule has 0 radical (unpaired) electrons. The van der Waals surface area contributed by atoms with Crippen LogP contribution in [-0.4, -0.2) is 33.6 Å². The third kappa shape index (κ3) is 6.15. The lowest BCUT2D eigenvalue weighted by atomic mass is 9.95. The first kappa shape index (κ1) is 28.4. The predicted molar refractivity (Wildman–Crippen MR) is 154 cm³/mol. The number of benzene rings is 3. The topological polar surface area (TPSA) is 92.6 Å². The maximum atomic E-state index is 14.1. The molecule has 41 heavy (non-hydrogen) atoms. The third-order valence-corrected chi connectivity index (χ3v) is 8.52. The molecule has 1 fully saturated rings. The van der Waals surface area contributed by atoms with E-state index in [1.807, 2.05) is 6.92 Å². The first-order chi connectivity index (χ1) is 19.9. The van der Waals surface area contributed by atoms with Crippen molar-refractivity contribution in [2.24, 2.45) is 0 Å². The van der Waals surface area contributed by atoms with Crippen LogP contribution < -0.4 is 9.64 Å². The number of Topliss-reactive ketones (excluding diaryl/α,β-unsaturated/α-hetero) is 1. The Morgan fingerprint density at radius 2 is 1.83 bits per heavy atom. The summed E-state index contributed by atoms with van der Waals surface area (Å²) in [6.45, 7) is 2.54. The van der Waals surface area contributed by atoms with Crippen molar-refractivity contribution in [3.05, 3.63) is 107 Å². The molecule has 210 valence electrons. The summed E-state index contributed by atoms with van der Waals surface area (Å²) in [7, 11) is 0. The minimum absolute atomic E-state index is 0.142. The van der Waals surface area contributed by atoms with Crippen LogP contribution in [0, 0.1) is 11.6 Å². The molecule has 1 amide bonds. The van der Waals surface area contributed by atoms with Gasteiger partial charge in [-0.1, -0.05) is 66.8 Å². The number of unbranched alkanes of at least 4 members (excludes halogenated alkanes) is 1. The van der Waals surface area contributed by atoms with Crippen LogP contribution >= 0.6 is 23.1 Å². The van der Waals surface area contributed by atoms with Gasteiger partial charge in [0.15, 0.2) is 4.34 Å². The summed E-state index contributed by atoms with van der Waals surface area (Å²) < 4.78 is 34.0. The van der Waals surface area contributed by atoms with Gasteiger partial charge in [-0.25, -0.2) is 8.78 Å². The van der Waals surface area contributed by atoms with Crippen molar-refractivity contribution in [2.75, 3.05) is 11.5 Å². The molecule has 4 aromatic rings. The Kier molecular flexibility index (Phi) is 8.75. The number of carbonyl (C=O) groups excluding carboxylic acids is 2. The van der Waals surface area contributed by atoms with Crippen molar-refractivity contribution in [1.29, 1.82) is 0 Å². The summed E-state index contributed by atoms with van der Waals surface area (Å²) in [5.41, 5.74) is 1.03. The maximum Gasteiger partial charge on any atom is 0.301 e. The number of ether oxygens (including phenoxy) is 1. The average molecular weight is 594 g/mol. The summed E-state index contributed by atoms with van der Waals surface area (Å²) >= 11 is 2.33. The van der Waals surface area contributed by atoms with Gasteiger partial charge in [-0.2, -0.15) is 0 Å². The highest BCUT2D eigenvalue weighted by atomic mass is 32.2. The summed E-state index contributed by atoms with van der Waals surface area (Å²) in [6, 6.07) is 17.3. The van der Waals surface area contributed by atoms with Crippen molar-refractivity contribution in [1.82, 2.24) is 10.2 Å². The van der Waals surface area contributed by atoms with Crippen LogP contribution in [0.5, 0.6) is 5.75 Å². The van der Waals surface area contributed by atoms with Crippen molar-refractivity contribution in [2.45, 2.75) is 35.9 Å². The largest absolute Gasteiger partial charge is 0.507 e. The van der Waals surface area contributed by atoms with Gasteiger partial charge in [0.05, 0.1) is 18.2 Å². The number of hydrogen-bond acceptors (Lipinski definition) is 8. The van der Waals surface area contributed by atoms with Gasteiger partial charge >= 0.3 is 5.91 Å². The lowest BCUT2D eigenvalue weighted by Crippen LogP contribution is -2.29. The summed E-state index contributed by atoms with van der Waals surface area (Å²) in [6.07, 6.45) is 1.80. The molecule has 0 aliphatic carbocycles. The van der Waals surface area contributed by atoms with E-state index in [4.69, 9.17) is 4.74 Å². The average Bonchev–Trinajstić information content (AvgIpc) is 3.55. The zero-order valence-corrected chi connectivity index (χ0v) is 23.6. The smallest absolute Gasteiger partial charge is 0.301 e. The van der Waals surface area contributed by atoms with Crippen molar-refractivity contribution < 1.29 is 28.2 Å². The summed E-state index contributed by atoms with van der Waals surface area (Å²) in [4.78, 5) is 28.0. The highest BCUT2D eigenvalue weighted by Crippen LogP contribution is 2.44. The highest BCUT2D eigenvalue weighted by molar-refractivity contribution is 8.00. The van der Waals surface area contributed by atoms with Crippen LogP contribution in [0.1, 0.15) is 42.5 Å². The van der Waals surface area contributed by atoms with Crippen molar-refractivity contribution in [3.8, 4) is 5.75 Å². The van der Waals surface area contributed by atoms with E-state index in [1.165, 1.54) is 34.9 Å². The molecule has 1 aliphatic heterocycles. The van der Waals surface area contributed by atoms with Crippen LogP contribution in [0.25, 0.3) is 5.76 Å². The number of halogens is 2. The molecule has 1 saturated heterocycles. The molecule has 1 N–H and O–H groups in total. The fourth-order valence-corrected chi connectivity index (χ4v) is 6.18. The quantitative estimate of drug-likeness (QED) is 0.0533. The van der Waals surface area contributed by atoms with E-state index in [2.05, 4.69) is 10.2 Å². The van der Waals surface area contributed by atoms with Crippen LogP contribution in [0.15, 0.2) is 82.7 Å². The molecule has 0 saturated carbocycles. The monoisotopic (exact) mass is 593 g/mol. The molecule has 0 spiro atoms. The fourth-order valence-electron chi connectivity index (χ4n) is 4.33.